The van der Waals surface area contributed by atoms with Gasteiger partial charge in [-0.25, -0.2) is 4.79 Å². The van der Waals surface area contributed by atoms with Crippen LogP contribution < -0.4 is 0 Å². The molecule has 0 spiro atoms. The SMILES string of the molecule is O=NC(=O)/C=C/c1c2ccccc2c(/C=C/C(=O)O)c2ccccc12. The summed E-state index contributed by atoms with van der Waals surface area (Å²) in [5.41, 5.74) is 1.56. The summed E-state index contributed by atoms with van der Waals surface area (Å²) in [6.45, 7) is 0. The van der Waals surface area contributed by atoms with Gasteiger partial charge in [0.05, 0.1) is 0 Å². The molecular weight excluding hydrogens is 318 g/mol. The lowest BCUT2D eigenvalue weighted by Crippen LogP contribution is -1.91. The lowest BCUT2D eigenvalue weighted by Gasteiger charge is -2.12. The second kappa shape index (κ2) is 6.88. The van der Waals surface area contributed by atoms with E-state index in [9.17, 15) is 14.5 Å². The van der Waals surface area contributed by atoms with Gasteiger partial charge in [0.2, 0.25) is 0 Å². The number of hydrogen-bond acceptors (Lipinski definition) is 3. The molecule has 0 unspecified atom stereocenters. The van der Waals surface area contributed by atoms with Gasteiger partial charge in [-0.05, 0) is 44.8 Å². The van der Waals surface area contributed by atoms with Crippen LogP contribution in [0.2, 0.25) is 0 Å². The highest BCUT2D eigenvalue weighted by atomic mass is 16.4. The molecule has 25 heavy (non-hydrogen) atoms. The maximum Gasteiger partial charge on any atom is 0.328 e. The van der Waals surface area contributed by atoms with Crippen molar-refractivity contribution in [2.45, 2.75) is 0 Å². The predicted octanol–water partition coefficient (Wildman–Crippen LogP) is 4.40. The van der Waals surface area contributed by atoms with Crippen LogP contribution in [0.5, 0.6) is 0 Å². The van der Waals surface area contributed by atoms with E-state index in [-0.39, 0.29) is 0 Å². The molecule has 0 aliphatic rings. The smallest absolute Gasteiger partial charge is 0.328 e. The van der Waals surface area contributed by atoms with E-state index in [0.717, 1.165) is 44.8 Å². The van der Waals surface area contributed by atoms with Crippen LogP contribution in [-0.4, -0.2) is 17.0 Å². The molecule has 1 N–H and O–H groups in total. The molecule has 0 fully saturated rings. The average Bonchev–Trinajstić information content (AvgIpc) is 2.63. The Morgan fingerprint density at radius 3 is 1.52 bits per heavy atom. The highest BCUT2D eigenvalue weighted by Gasteiger charge is 2.11. The van der Waals surface area contributed by atoms with Gasteiger partial charge in [-0.2, -0.15) is 0 Å². The highest BCUT2D eigenvalue weighted by Crippen LogP contribution is 2.34. The zero-order valence-electron chi connectivity index (χ0n) is 13.0. The minimum Gasteiger partial charge on any atom is -0.478 e. The van der Waals surface area contributed by atoms with E-state index in [1.54, 1.807) is 12.2 Å². The maximum atomic E-state index is 11.3. The molecule has 0 heterocycles. The predicted molar refractivity (Wildman–Crippen MR) is 98.0 cm³/mol. The molecule has 0 saturated heterocycles. The number of amides is 1. The van der Waals surface area contributed by atoms with Crippen LogP contribution in [0.15, 0.2) is 65.9 Å². The molecule has 122 valence electrons. The van der Waals surface area contributed by atoms with Crippen molar-refractivity contribution >= 4 is 45.6 Å². The maximum absolute atomic E-state index is 11.3. The summed E-state index contributed by atoms with van der Waals surface area (Å²) in [4.78, 5) is 32.5. The van der Waals surface area contributed by atoms with Crippen molar-refractivity contribution in [3.05, 3.63) is 76.7 Å². The standard InChI is InChI=1S/C20H13NO4/c22-19(21-25)11-9-17-13-5-1-3-7-15(13)18(10-12-20(23)24)16-8-4-2-6-14(16)17/h1-12H,(H,23,24)/b11-9+,12-10+. The Hall–Kier alpha value is -3.60. The Labute approximate surface area is 142 Å². The van der Waals surface area contributed by atoms with Crippen molar-refractivity contribution in [3.8, 4) is 0 Å². The Morgan fingerprint density at radius 2 is 1.16 bits per heavy atom. The van der Waals surface area contributed by atoms with E-state index < -0.39 is 11.9 Å². The number of carboxylic acids is 1. The molecule has 3 aromatic carbocycles. The molecule has 0 aliphatic heterocycles. The lowest BCUT2D eigenvalue weighted by atomic mass is 9.91. The number of benzene rings is 3. The van der Waals surface area contributed by atoms with Gasteiger partial charge in [-0.15, -0.1) is 4.91 Å². The first-order valence-corrected chi connectivity index (χ1v) is 7.51. The fourth-order valence-corrected chi connectivity index (χ4v) is 2.89. The number of aliphatic carboxylic acids is 1. The quantitative estimate of drug-likeness (QED) is 0.436. The molecule has 0 saturated carbocycles. The van der Waals surface area contributed by atoms with Crippen LogP contribution in [0.3, 0.4) is 0 Å². The summed E-state index contributed by atoms with van der Waals surface area (Å²) in [6, 6.07) is 15.0. The molecule has 3 aromatic rings. The van der Waals surface area contributed by atoms with Crippen molar-refractivity contribution in [2.75, 3.05) is 0 Å². The second-order valence-electron chi connectivity index (χ2n) is 5.35. The van der Waals surface area contributed by atoms with Gasteiger partial charge in [0.1, 0.15) is 0 Å². The third kappa shape index (κ3) is 3.21. The zero-order valence-corrected chi connectivity index (χ0v) is 13.0. The van der Waals surface area contributed by atoms with E-state index in [1.165, 1.54) is 0 Å². The van der Waals surface area contributed by atoms with Gasteiger partial charge in [0.15, 0.2) is 0 Å². The minimum absolute atomic E-state index is 0.774. The fourth-order valence-electron chi connectivity index (χ4n) is 2.89. The number of fused-ring (bicyclic) bond motifs is 2. The number of carbonyl (C=O) groups is 2. The molecule has 0 radical (unpaired) electrons. The Kier molecular flexibility index (Phi) is 4.48. The van der Waals surface area contributed by atoms with Crippen LogP contribution in [0.4, 0.5) is 0 Å². The summed E-state index contributed by atoms with van der Waals surface area (Å²) in [6.07, 6.45) is 5.37. The summed E-state index contributed by atoms with van der Waals surface area (Å²) >= 11 is 0. The molecular formula is C20H13NO4. The number of nitrogens with zero attached hydrogens (tertiary/aromatic N) is 1. The summed E-state index contributed by atoms with van der Waals surface area (Å²) < 4.78 is 0. The molecule has 5 heteroatoms. The lowest BCUT2D eigenvalue weighted by molar-refractivity contribution is -0.131. The van der Waals surface area contributed by atoms with Gasteiger partial charge >= 0.3 is 11.9 Å². The van der Waals surface area contributed by atoms with Crippen molar-refractivity contribution in [3.63, 3.8) is 0 Å². The Balaban J connectivity index is 2.42. The van der Waals surface area contributed by atoms with Crippen molar-refractivity contribution in [1.29, 1.82) is 0 Å². The van der Waals surface area contributed by atoms with Gasteiger partial charge < -0.3 is 5.11 Å². The van der Waals surface area contributed by atoms with Crippen molar-refractivity contribution in [1.82, 2.24) is 0 Å². The molecule has 0 atom stereocenters. The Morgan fingerprint density at radius 1 is 0.760 bits per heavy atom. The van der Waals surface area contributed by atoms with Crippen molar-refractivity contribution in [2.24, 2.45) is 5.18 Å². The summed E-state index contributed by atoms with van der Waals surface area (Å²) in [5, 5.41) is 14.7. The molecule has 0 bridgehead atoms. The van der Waals surface area contributed by atoms with E-state index in [2.05, 4.69) is 5.18 Å². The average molecular weight is 331 g/mol. The van der Waals surface area contributed by atoms with Crippen LogP contribution in [0.25, 0.3) is 33.7 Å². The zero-order chi connectivity index (χ0) is 17.8. The van der Waals surface area contributed by atoms with Crippen molar-refractivity contribution < 1.29 is 14.7 Å². The summed E-state index contributed by atoms with van der Waals surface area (Å²) in [7, 11) is 0. The van der Waals surface area contributed by atoms with Crippen LogP contribution >= 0.6 is 0 Å². The third-order valence-electron chi connectivity index (χ3n) is 3.89. The molecule has 1 amide bonds. The van der Waals surface area contributed by atoms with E-state index in [1.807, 2.05) is 48.5 Å². The number of hydrogen-bond donors (Lipinski definition) is 1. The fraction of sp³-hybridized carbons (Fsp3) is 0. The van der Waals surface area contributed by atoms with E-state index in [4.69, 9.17) is 5.11 Å². The van der Waals surface area contributed by atoms with Gasteiger partial charge in [-0.3, -0.25) is 4.79 Å². The first-order chi connectivity index (χ1) is 12.1. The molecule has 0 aliphatic carbocycles. The first-order valence-electron chi connectivity index (χ1n) is 7.51. The van der Waals surface area contributed by atoms with Crippen LogP contribution in [-0.2, 0) is 9.59 Å². The van der Waals surface area contributed by atoms with E-state index in [0.29, 0.717) is 0 Å². The Bertz CT molecular complexity index is 1010. The van der Waals surface area contributed by atoms with Gasteiger partial charge in [0, 0.05) is 17.3 Å². The number of carbonyl (C=O) groups excluding carboxylic acids is 1. The number of rotatable bonds is 4. The van der Waals surface area contributed by atoms with Gasteiger partial charge in [0.25, 0.3) is 0 Å². The largest absolute Gasteiger partial charge is 0.478 e. The number of nitroso groups, excluding NO2 is 1. The minimum atomic E-state index is -1.03. The second-order valence-corrected chi connectivity index (χ2v) is 5.35. The van der Waals surface area contributed by atoms with Gasteiger partial charge in [-0.1, -0.05) is 48.5 Å². The molecule has 0 aromatic heterocycles. The molecule has 3 rings (SSSR count). The summed E-state index contributed by atoms with van der Waals surface area (Å²) in [5.74, 6) is -1.89. The van der Waals surface area contributed by atoms with Crippen LogP contribution in [0, 0.1) is 4.91 Å². The topological polar surface area (TPSA) is 83.8 Å². The number of carboxylic acid groups (broad SMARTS) is 1. The van der Waals surface area contributed by atoms with Crippen LogP contribution in [0.1, 0.15) is 11.1 Å². The normalized spacial score (nSPS) is 11.5. The first kappa shape index (κ1) is 16.3. The monoisotopic (exact) mass is 331 g/mol. The van der Waals surface area contributed by atoms with E-state index >= 15 is 0 Å². The highest BCUT2D eigenvalue weighted by molar-refractivity contribution is 6.14. The molecule has 5 nitrogen and oxygen atoms in total. The third-order valence-corrected chi connectivity index (χ3v) is 3.89.